The lowest BCUT2D eigenvalue weighted by Crippen LogP contribution is -2.07. The second kappa shape index (κ2) is 5.35. The number of halogens is 2. The van der Waals surface area contributed by atoms with Gasteiger partial charge in [0.1, 0.15) is 11.4 Å². The number of rotatable bonds is 5. The Bertz CT molecular complexity index is 543. The van der Waals surface area contributed by atoms with Crippen molar-refractivity contribution >= 4 is 6.29 Å². The first kappa shape index (κ1) is 12.2. The van der Waals surface area contributed by atoms with E-state index in [4.69, 9.17) is 0 Å². The molecular weight excluding hydrogens is 244 g/mol. The van der Waals surface area contributed by atoms with Gasteiger partial charge in [0.05, 0.1) is 12.7 Å². The molecule has 1 aromatic heterocycles. The van der Waals surface area contributed by atoms with Crippen LogP contribution in [0.3, 0.4) is 0 Å². The molecule has 0 aliphatic carbocycles. The number of benzene rings is 1. The molecule has 2 aromatic rings. The van der Waals surface area contributed by atoms with E-state index in [1.165, 1.54) is 16.9 Å². The smallest absolute Gasteiger partial charge is 0.387 e. The summed E-state index contributed by atoms with van der Waals surface area (Å²) in [4.78, 5) is 10.4. The number of carbonyl (C=O) groups is 1. The summed E-state index contributed by atoms with van der Waals surface area (Å²) >= 11 is 0. The van der Waals surface area contributed by atoms with Crippen LogP contribution in [-0.4, -0.2) is 27.9 Å². The third-order valence-electron chi connectivity index (χ3n) is 2.20. The lowest BCUT2D eigenvalue weighted by atomic mass is 10.2. The standard InChI is InChI=1S/C11H9F2N3O2/c12-11(13)18-10-4-2-1-3-8(10)5-16-6-9(7-17)14-15-16/h1-4,6-7,11H,5H2. The molecule has 5 nitrogen and oxygen atoms in total. The van der Waals surface area contributed by atoms with Gasteiger partial charge in [0.15, 0.2) is 6.29 Å². The van der Waals surface area contributed by atoms with Gasteiger partial charge in [0.25, 0.3) is 0 Å². The molecule has 18 heavy (non-hydrogen) atoms. The maximum atomic E-state index is 12.2. The van der Waals surface area contributed by atoms with E-state index in [-0.39, 0.29) is 18.0 Å². The largest absolute Gasteiger partial charge is 0.434 e. The minimum atomic E-state index is -2.88. The first-order valence-electron chi connectivity index (χ1n) is 5.07. The number of alkyl halides is 2. The van der Waals surface area contributed by atoms with Gasteiger partial charge >= 0.3 is 6.61 Å². The molecule has 0 atom stereocenters. The van der Waals surface area contributed by atoms with Crippen molar-refractivity contribution in [2.24, 2.45) is 0 Å². The Balaban J connectivity index is 2.20. The van der Waals surface area contributed by atoms with E-state index in [0.29, 0.717) is 11.8 Å². The van der Waals surface area contributed by atoms with Crippen LogP contribution in [0.1, 0.15) is 16.1 Å². The molecule has 0 N–H and O–H groups in total. The SMILES string of the molecule is O=Cc1cn(Cc2ccccc2OC(F)F)nn1. The van der Waals surface area contributed by atoms with Gasteiger partial charge in [-0.3, -0.25) is 4.79 Å². The fraction of sp³-hybridized carbons (Fsp3) is 0.182. The van der Waals surface area contributed by atoms with Crippen molar-refractivity contribution in [3.63, 3.8) is 0 Å². The molecule has 0 unspecified atom stereocenters. The third kappa shape index (κ3) is 2.88. The van der Waals surface area contributed by atoms with Gasteiger partial charge < -0.3 is 4.74 Å². The Morgan fingerprint density at radius 3 is 2.83 bits per heavy atom. The predicted octanol–water partition coefficient (Wildman–Crippen LogP) is 1.74. The molecule has 0 bridgehead atoms. The van der Waals surface area contributed by atoms with Crippen molar-refractivity contribution in [3.8, 4) is 5.75 Å². The lowest BCUT2D eigenvalue weighted by molar-refractivity contribution is -0.0505. The van der Waals surface area contributed by atoms with Crippen LogP contribution in [0.5, 0.6) is 5.75 Å². The van der Waals surface area contributed by atoms with E-state index in [0.717, 1.165) is 0 Å². The van der Waals surface area contributed by atoms with Gasteiger partial charge in [-0.05, 0) is 6.07 Å². The zero-order valence-electron chi connectivity index (χ0n) is 9.16. The summed E-state index contributed by atoms with van der Waals surface area (Å²) in [5, 5.41) is 7.27. The zero-order valence-corrected chi connectivity index (χ0v) is 9.16. The summed E-state index contributed by atoms with van der Waals surface area (Å²) in [5.74, 6) is 0.0793. The van der Waals surface area contributed by atoms with Gasteiger partial charge in [-0.25, -0.2) is 4.68 Å². The van der Waals surface area contributed by atoms with Crippen LogP contribution < -0.4 is 4.74 Å². The molecule has 7 heteroatoms. The van der Waals surface area contributed by atoms with Crippen molar-refractivity contribution in [2.75, 3.05) is 0 Å². The highest BCUT2D eigenvalue weighted by Gasteiger charge is 2.10. The molecule has 0 saturated heterocycles. The number of nitrogens with zero attached hydrogens (tertiary/aromatic N) is 3. The average molecular weight is 253 g/mol. The third-order valence-corrected chi connectivity index (χ3v) is 2.20. The summed E-state index contributed by atoms with van der Waals surface area (Å²) in [6.07, 6.45) is 1.98. The highest BCUT2D eigenvalue weighted by molar-refractivity contribution is 5.70. The zero-order chi connectivity index (χ0) is 13.0. The van der Waals surface area contributed by atoms with Crippen LogP contribution in [0.2, 0.25) is 0 Å². The first-order valence-corrected chi connectivity index (χ1v) is 5.07. The summed E-state index contributed by atoms with van der Waals surface area (Å²) in [6.45, 7) is -2.68. The molecule has 2 rings (SSSR count). The number of ether oxygens (including phenoxy) is 1. The molecule has 1 heterocycles. The van der Waals surface area contributed by atoms with Crippen LogP contribution in [0.25, 0.3) is 0 Å². The van der Waals surface area contributed by atoms with Crippen LogP contribution in [0, 0.1) is 0 Å². The van der Waals surface area contributed by atoms with Crippen molar-refractivity contribution in [2.45, 2.75) is 13.2 Å². The molecule has 1 aromatic carbocycles. The average Bonchev–Trinajstić information content (AvgIpc) is 2.79. The van der Waals surface area contributed by atoms with Gasteiger partial charge in [-0.2, -0.15) is 8.78 Å². The highest BCUT2D eigenvalue weighted by atomic mass is 19.3. The summed E-state index contributed by atoms with van der Waals surface area (Å²) < 4.78 is 30.1. The van der Waals surface area contributed by atoms with Crippen molar-refractivity contribution < 1.29 is 18.3 Å². The molecule has 0 aliphatic rings. The molecule has 0 amide bonds. The maximum absolute atomic E-state index is 12.2. The summed E-state index contributed by atoms with van der Waals surface area (Å²) in [6, 6.07) is 6.38. The second-order valence-electron chi connectivity index (χ2n) is 3.45. The Hall–Kier alpha value is -2.31. The highest BCUT2D eigenvalue weighted by Crippen LogP contribution is 2.20. The van der Waals surface area contributed by atoms with E-state index in [2.05, 4.69) is 15.0 Å². The number of para-hydroxylation sites is 1. The normalized spacial score (nSPS) is 10.6. The molecule has 0 spiro atoms. The summed E-state index contributed by atoms with van der Waals surface area (Å²) in [7, 11) is 0. The quantitative estimate of drug-likeness (QED) is 0.761. The minimum Gasteiger partial charge on any atom is -0.434 e. The minimum absolute atomic E-state index is 0.0793. The fourth-order valence-electron chi connectivity index (χ4n) is 1.46. The monoisotopic (exact) mass is 253 g/mol. The van der Waals surface area contributed by atoms with E-state index in [1.807, 2.05) is 0 Å². The van der Waals surface area contributed by atoms with E-state index in [1.54, 1.807) is 18.2 Å². The van der Waals surface area contributed by atoms with E-state index < -0.39 is 6.61 Å². The second-order valence-corrected chi connectivity index (χ2v) is 3.45. The van der Waals surface area contributed by atoms with Crippen LogP contribution in [0.4, 0.5) is 8.78 Å². The predicted molar refractivity (Wildman–Crippen MR) is 57.6 cm³/mol. The topological polar surface area (TPSA) is 57.0 Å². The van der Waals surface area contributed by atoms with E-state index >= 15 is 0 Å². The van der Waals surface area contributed by atoms with Crippen molar-refractivity contribution in [3.05, 3.63) is 41.7 Å². The van der Waals surface area contributed by atoms with Crippen molar-refractivity contribution in [1.29, 1.82) is 0 Å². The molecule has 0 radical (unpaired) electrons. The molecule has 0 fully saturated rings. The number of carbonyl (C=O) groups excluding carboxylic acids is 1. The van der Waals surface area contributed by atoms with Crippen LogP contribution >= 0.6 is 0 Å². The number of hydrogen-bond acceptors (Lipinski definition) is 4. The lowest BCUT2D eigenvalue weighted by Gasteiger charge is -2.09. The van der Waals surface area contributed by atoms with Gasteiger partial charge in [-0.15, -0.1) is 5.10 Å². The Morgan fingerprint density at radius 1 is 1.39 bits per heavy atom. The van der Waals surface area contributed by atoms with Crippen LogP contribution in [-0.2, 0) is 6.54 Å². The van der Waals surface area contributed by atoms with E-state index in [9.17, 15) is 13.6 Å². The Labute approximate surface area is 101 Å². The Morgan fingerprint density at radius 2 is 2.17 bits per heavy atom. The number of hydrogen-bond donors (Lipinski definition) is 0. The fourth-order valence-corrected chi connectivity index (χ4v) is 1.46. The molecule has 0 saturated carbocycles. The van der Waals surface area contributed by atoms with Crippen LogP contribution in [0.15, 0.2) is 30.5 Å². The van der Waals surface area contributed by atoms with Gasteiger partial charge in [0, 0.05) is 5.56 Å². The maximum Gasteiger partial charge on any atom is 0.387 e. The molecule has 0 aliphatic heterocycles. The van der Waals surface area contributed by atoms with Crippen molar-refractivity contribution in [1.82, 2.24) is 15.0 Å². The first-order chi connectivity index (χ1) is 8.69. The molecule has 94 valence electrons. The van der Waals surface area contributed by atoms with Gasteiger partial charge in [-0.1, -0.05) is 23.4 Å². The number of aldehydes is 1. The summed E-state index contributed by atoms with van der Waals surface area (Å²) in [5.41, 5.74) is 0.711. The number of aromatic nitrogens is 3. The van der Waals surface area contributed by atoms with Gasteiger partial charge in [0.2, 0.25) is 0 Å². The Kier molecular flexibility index (Phi) is 3.61. The molecular formula is C11H9F2N3O2.